The first-order valence-corrected chi connectivity index (χ1v) is 20.4. The lowest BCUT2D eigenvalue weighted by molar-refractivity contribution is 1.59. The Morgan fingerprint density at radius 1 is 0.375 bits per heavy atom. The highest BCUT2D eigenvalue weighted by molar-refractivity contribution is 7.13. The lowest BCUT2D eigenvalue weighted by Crippen LogP contribution is -2.63. The highest BCUT2D eigenvalue weighted by Gasteiger charge is 2.48. The molecule has 0 aromatic heterocycles. The first-order chi connectivity index (χ1) is 19.4. The normalized spacial score (nSPS) is 15.4. The van der Waals surface area contributed by atoms with Crippen molar-refractivity contribution in [1.29, 1.82) is 0 Å². The van der Waals surface area contributed by atoms with Gasteiger partial charge in [0.25, 0.3) is 0 Å². The molecule has 0 fully saturated rings. The van der Waals surface area contributed by atoms with E-state index in [-0.39, 0.29) is 0 Å². The zero-order valence-corrected chi connectivity index (χ0v) is 25.5. The molecule has 2 heterocycles. The first-order valence-electron chi connectivity index (χ1n) is 14.4. The van der Waals surface area contributed by atoms with Crippen LogP contribution < -0.4 is 20.7 Å². The van der Waals surface area contributed by atoms with Crippen LogP contribution in [0.15, 0.2) is 121 Å². The molecule has 192 valence electrons. The number of rotatable bonds is 2. The predicted octanol–water partition coefficient (Wildman–Crippen LogP) is 7.78. The summed E-state index contributed by atoms with van der Waals surface area (Å²) in [6.07, 6.45) is 0. The molecule has 2 heteroatoms. The van der Waals surface area contributed by atoms with Crippen LogP contribution in [0.4, 0.5) is 0 Å². The summed E-state index contributed by atoms with van der Waals surface area (Å²) >= 11 is 0. The van der Waals surface area contributed by atoms with Crippen LogP contribution in [0.2, 0.25) is 26.2 Å². The van der Waals surface area contributed by atoms with Gasteiger partial charge in [-0.3, -0.25) is 0 Å². The van der Waals surface area contributed by atoms with Gasteiger partial charge in [0.05, 0.1) is 0 Å². The lowest BCUT2D eigenvalue weighted by Gasteiger charge is -2.29. The van der Waals surface area contributed by atoms with E-state index in [0.29, 0.717) is 0 Å². The average Bonchev–Trinajstić information content (AvgIpc) is 3.37. The monoisotopic (exact) mass is 544 g/mol. The Morgan fingerprint density at radius 3 is 1.57 bits per heavy atom. The van der Waals surface area contributed by atoms with E-state index in [1.165, 1.54) is 55.3 Å². The van der Waals surface area contributed by atoms with Crippen LogP contribution in [0.5, 0.6) is 0 Å². The fourth-order valence-electron chi connectivity index (χ4n) is 7.75. The average molecular weight is 545 g/mol. The van der Waals surface area contributed by atoms with Crippen molar-refractivity contribution >= 4 is 47.7 Å². The summed E-state index contributed by atoms with van der Waals surface area (Å²) in [5, 5.41) is 9.46. The van der Waals surface area contributed by atoms with Crippen LogP contribution in [-0.4, -0.2) is 16.1 Å². The SMILES string of the molecule is C[Si]1(C)c2ccccc2-c2c1c1c(c3ccccc23)-c2cc(-c3cccc(-c4ccccc4)c3)ccc2[Si]1(C)C. The van der Waals surface area contributed by atoms with E-state index < -0.39 is 16.1 Å². The van der Waals surface area contributed by atoms with Crippen molar-refractivity contribution in [3.05, 3.63) is 121 Å². The second kappa shape index (κ2) is 8.26. The smallest absolute Gasteiger partial charge is 0.0623 e. The number of fused-ring (bicyclic) bond motifs is 10. The maximum Gasteiger partial charge on any atom is 0.113 e. The lowest BCUT2D eigenvalue weighted by atomic mass is 9.90. The Hall–Kier alpha value is -3.99. The maximum atomic E-state index is 2.59. The minimum absolute atomic E-state index is 1.26. The Labute approximate surface area is 239 Å². The van der Waals surface area contributed by atoms with Crippen molar-refractivity contribution in [2.24, 2.45) is 0 Å². The van der Waals surface area contributed by atoms with Crippen molar-refractivity contribution in [2.75, 3.05) is 0 Å². The zero-order valence-electron chi connectivity index (χ0n) is 23.5. The van der Waals surface area contributed by atoms with Crippen LogP contribution >= 0.6 is 0 Å². The molecular weight excluding hydrogens is 513 g/mol. The van der Waals surface area contributed by atoms with Gasteiger partial charge in [-0.25, -0.2) is 0 Å². The molecule has 6 aromatic carbocycles. The third kappa shape index (κ3) is 3.12. The molecule has 0 saturated carbocycles. The van der Waals surface area contributed by atoms with Crippen molar-refractivity contribution in [1.82, 2.24) is 0 Å². The quantitative estimate of drug-likeness (QED) is 0.195. The largest absolute Gasteiger partial charge is 0.113 e. The Bertz CT molecular complexity index is 2000. The van der Waals surface area contributed by atoms with Crippen LogP contribution in [-0.2, 0) is 0 Å². The van der Waals surface area contributed by atoms with Gasteiger partial charge in [0.2, 0.25) is 0 Å². The molecule has 0 atom stereocenters. The summed E-state index contributed by atoms with van der Waals surface area (Å²) in [4.78, 5) is 0. The Balaban J connectivity index is 1.42. The highest BCUT2D eigenvalue weighted by Crippen LogP contribution is 2.42. The topological polar surface area (TPSA) is 0 Å². The van der Waals surface area contributed by atoms with Gasteiger partial charge in [-0.2, -0.15) is 0 Å². The number of hydrogen-bond donors (Lipinski definition) is 0. The molecule has 0 radical (unpaired) electrons. The van der Waals surface area contributed by atoms with E-state index >= 15 is 0 Å². The molecule has 8 rings (SSSR count). The second-order valence-corrected chi connectivity index (χ2v) is 21.1. The molecule has 6 aromatic rings. The summed E-state index contributed by atoms with van der Waals surface area (Å²) < 4.78 is 0. The summed E-state index contributed by atoms with van der Waals surface area (Å²) in [6, 6.07) is 45.6. The second-order valence-electron chi connectivity index (χ2n) is 12.5. The van der Waals surface area contributed by atoms with Crippen LogP contribution in [0.3, 0.4) is 0 Å². The van der Waals surface area contributed by atoms with E-state index in [4.69, 9.17) is 0 Å². The Morgan fingerprint density at radius 2 is 0.875 bits per heavy atom. The zero-order chi connectivity index (χ0) is 27.2. The minimum Gasteiger partial charge on any atom is -0.0623 e. The molecule has 2 aliphatic rings. The van der Waals surface area contributed by atoms with E-state index in [2.05, 4.69) is 148 Å². The van der Waals surface area contributed by atoms with Crippen molar-refractivity contribution < 1.29 is 0 Å². The van der Waals surface area contributed by atoms with Gasteiger partial charge < -0.3 is 0 Å². The molecule has 0 bridgehead atoms. The van der Waals surface area contributed by atoms with Gasteiger partial charge in [-0.15, -0.1) is 0 Å². The summed E-state index contributed by atoms with van der Waals surface area (Å²) in [7, 11) is -3.81. The van der Waals surface area contributed by atoms with Gasteiger partial charge in [-0.1, -0.05) is 135 Å². The third-order valence-electron chi connectivity index (χ3n) is 9.60. The molecule has 0 saturated heterocycles. The summed E-state index contributed by atoms with van der Waals surface area (Å²) in [5.41, 5.74) is 11.1. The molecular formula is C38H32Si2. The first kappa shape index (κ1) is 23.9. The van der Waals surface area contributed by atoms with Crippen LogP contribution in [0, 0.1) is 0 Å². The van der Waals surface area contributed by atoms with E-state index in [1.807, 2.05) is 0 Å². The molecule has 40 heavy (non-hydrogen) atoms. The fraction of sp³-hybridized carbons (Fsp3) is 0.105. The van der Waals surface area contributed by atoms with Crippen LogP contribution in [0.1, 0.15) is 0 Å². The minimum atomic E-state index is -1.94. The fourth-order valence-corrected chi connectivity index (χ4v) is 16.2. The number of benzene rings is 6. The standard InChI is InChI=1S/C38H32Si2/c1-39(2)33-20-11-10-19-31(33)35-29-17-8-9-18-30(29)36-32-24-28(21-22-34(32)40(3,4)38(36)37(35)39)27-16-12-15-26(23-27)25-13-6-5-7-14-25/h5-24H,1-4H3. The van der Waals surface area contributed by atoms with Crippen molar-refractivity contribution in [3.8, 4) is 44.5 Å². The molecule has 0 aliphatic carbocycles. The molecule has 0 nitrogen and oxygen atoms in total. The van der Waals surface area contributed by atoms with Gasteiger partial charge >= 0.3 is 0 Å². The maximum absolute atomic E-state index is 2.59. The molecule has 2 aliphatic heterocycles. The van der Waals surface area contributed by atoms with Crippen molar-refractivity contribution in [2.45, 2.75) is 26.2 Å². The van der Waals surface area contributed by atoms with Gasteiger partial charge in [-0.05, 0) is 88.2 Å². The summed E-state index contributed by atoms with van der Waals surface area (Å²) in [5.74, 6) is 0. The molecule has 0 N–H and O–H groups in total. The highest BCUT2D eigenvalue weighted by atomic mass is 28.3. The van der Waals surface area contributed by atoms with Gasteiger partial charge in [0.15, 0.2) is 0 Å². The summed E-state index contributed by atoms with van der Waals surface area (Å²) in [6.45, 7) is 10.4. The van der Waals surface area contributed by atoms with E-state index in [0.717, 1.165) is 0 Å². The predicted molar refractivity (Wildman–Crippen MR) is 179 cm³/mol. The molecule has 0 unspecified atom stereocenters. The van der Waals surface area contributed by atoms with Crippen LogP contribution in [0.25, 0.3) is 55.3 Å². The third-order valence-corrected chi connectivity index (χ3v) is 16.9. The van der Waals surface area contributed by atoms with Crippen molar-refractivity contribution in [3.63, 3.8) is 0 Å². The number of hydrogen-bond acceptors (Lipinski definition) is 0. The van der Waals surface area contributed by atoms with E-state index in [1.54, 1.807) is 20.7 Å². The Kier molecular flexibility index (Phi) is 4.93. The molecule has 0 spiro atoms. The van der Waals surface area contributed by atoms with Gasteiger partial charge in [0.1, 0.15) is 16.1 Å². The van der Waals surface area contributed by atoms with Gasteiger partial charge in [0, 0.05) is 0 Å². The van der Waals surface area contributed by atoms with E-state index in [9.17, 15) is 0 Å². The molecule has 0 amide bonds.